The van der Waals surface area contributed by atoms with Gasteiger partial charge in [-0.2, -0.15) is 10.1 Å². The number of rotatable bonds is 4. The van der Waals surface area contributed by atoms with Gasteiger partial charge < -0.3 is 9.30 Å². The van der Waals surface area contributed by atoms with Crippen molar-refractivity contribution in [3.05, 3.63) is 46.3 Å². The van der Waals surface area contributed by atoms with Gasteiger partial charge in [0, 0.05) is 32.5 Å². The smallest absolute Gasteiger partial charge is 0.300 e. The van der Waals surface area contributed by atoms with Crippen molar-refractivity contribution in [1.82, 2.24) is 14.3 Å². The zero-order chi connectivity index (χ0) is 17.3. The van der Waals surface area contributed by atoms with Gasteiger partial charge in [0.2, 0.25) is 0 Å². The number of thiazole rings is 1. The Morgan fingerprint density at radius 3 is 2.92 bits per heavy atom. The highest BCUT2D eigenvalue weighted by molar-refractivity contribution is 7.16. The SMILES string of the molecule is COCCn1c(=NC(=O)c2nn(C)cc2C)sc2cccc(F)c21. The largest absolute Gasteiger partial charge is 0.383 e. The Hall–Kier alpha value is -2.32. The first-order chi connectivity index (χ1) is 11.5. The number of aryl methyl sites for hydroxylation is 2. The van der Waals surface area contributed by atoms with Gasteiger partial charge in [0.15, 0.2) is 10.5 Å². The summed E-state index contributed by atoms with van der Waals surface area (Å²) in [6.07, 6.45) is 1.76. The number of methoxy groups -OCH3 is 1. The molecular weight excluding hydrogens is 331 g/mol. The minimum Gasteiger partial charge on any atom is -0.383 e. The minimum atomic E-state index is -0.439. The van der Waals surface area contributed by atoms with E-state index in [1.807, 2.05) is 6.07 Å². The second-order valence-electron chi connectivity index (χ2n) is 5.37. The summed E-state index contributed by atoms with van der Waals surface area (Å²) in [5.41, 5.74) is 1.49. The fraction of sp³-hybridized carbons (Fsp3) is 0.312. The molecule has 0 aliphatic heterocycles. The molecule has 0 saturated heterocycles. The standard InChI is InChI=1S/C16H17FN4O2S/c1-10-9-20(2)19-13(10)15(22)18-16-21(7-8-23-3)14-11(17)5-4-6-12(14)24-16/h4-6,9H,7-8H2,1-3H3. The molecule has 0 unspecified atom stereocenters. The Labute approximate surface area is 141 Å². The number of carbonyl (C=O) groups is 1. The Morgan fingerprint density at radius 2 is 2.25 bits per heavy atom. The van der Waals surface area contributed by atoms with E-state index >= 15 is 0 Å². The normalized spacial score (nSPS) is 12.2. The van der Waals surface area contributed by atoms with E-state index in [1.165, 1.54) is 17.4 Å². The maximum Gasteiger partial charge on any atom is 0.300 e. The molecule has 1 aromatic carbocycles. The molecule has 2 aromatic heterocycles. The third kappa shape index (κ3) is 3.02. The molecular formula is C16H17FN4O2S. The van der Waals surface area contributed by atoms with Gasteiger partial charge in [-0.15, -0.1) is 0 Å². The van der Waals surface area contributed by atoms with Crippen molar-refractivity contribution in [3.8, 4) is 0 Å². The van der Waals surface area contributed by atoms with E-state index in [4.69, 9.17) is 4.74 Å². The molecule has 0 saturated carbocycles. The maximum atomic E-state index is 14.2. The summed E-state index contributed by atoms with van der Waals surface area (Å²) in [5, 5.41) is 4.14. The van der Waals surface area contributed by atoms with Crippen LogP contribution in [-0.2, 0) is 18.3 Å². The molecule has 0 N–H and O–H groups in total. The fourth-order valence-electron chi connectivity index (χ4n) is 2.52. The molecule has 8 heteroatoms. The molecule has 0 spiro atoms. The molecule has 0 bridgehead atoms. The van der Waals surface area contributed by atoms with Gasteiger partial charge in [0.1, 0.15) is 5.82 Å². The Kier molecular flexibility index (Phi) is 4.59. The van der Waals surface area contributed by atoms with E-state index in [-0.39, 0.29) is 5.82 Å². The lowest BCUT2D eigenvalue weighted by Gasteiger charge is -2.04. The number of nitrogens with zero attached hydrogens (tertiary/aromatic N) is 4. The van der Waals surface area contributed by atoms with Gasteiger partial charge in [-0.1, -0.05) is 17.4 Å². The van der Waals surface area contributed by atoms with E-state index in [1.54, 1.807) is 42.6 Å². The van der Waals surface area contributed by atoms with Crippen LogP contribution in [-0.4, -0.2) is 34.0 Å². The third-order valence-electron chi connectivity index (χ3n) is 3.58. The molecule has 6 nitrogen and oxygen atoms in total. The Bertz CT molecular complexity index is 970. The number of carbonyl (C=O) groups excluding carboxylic acids is 1. The van der Waals surface area contributed by atoms with Crippen molar-refractivity contribution in [1.29, 1.82) is 0 Å². The number of aromatic nitrogens is 3. The van der Waals surface area contributed by atoms with Crippen LogP contribution in [0, 0.1) is 12.7 Å². The van der Waals surface area contributed by atoms with Crippen molar-refractivity contribution in [3.63, 3.8) is 0 Å². The molecule has 1 amide bonds. The van der Waals surface area contributed by atoms with Crippen LogP contribution in [0.5, 0.6) is 0 Å². The maximum absolute atomic E-state index is 14.2. The van der Waals surface area contributed by atoms with Gasteiger partial charge in [0.25, 0.3) is 5.91 Å². The van der Waals surface area contributed by atoms with Crippen molar-refractivity contribution in [2.24, 2.45) is 12.0 Å². The highest BCUT2D eigenvalue weighted by atomic mass is 32.1. The average molecular weight is 348 g/mol. The third-order valence-corrected chi connectivity index (χ3v) is 4.63. The van der Waals surface area contributed by atoms with Crippen LogP contribution < -0.4 is 4.80 Å². The zero-order valence-corrected chi connectivity index (χ0v) is 14.4. The topological polar surface area (TPSA) is 61.4 Å². The van der Waals surface area contributed by atoms with Gasteiger partial charge in [0.05, 0.1) is 16.8 Å². The van der Waals surface area contributed by atoms with Crippen LogP contribution in [0.4, 0.5) is 4.39 Å². The first-order valence-corrected chi connectivity index (χ1v) is 8.19. The molecule has 2 heterocycles. The van der Waals surface area contributed by atoms with E-state index in [9.17, 15) is 9.18 Å². The summed E-state index contributed by atoms with van der Waals surface area (Å²) >= 11 is 1.27. The van der Waals surface area contributed by atoms with Crippen LogP contribution in [0.2, 0.25) is 0 Å². The van der Waals surface area contributed by atoms with Gasteiger partial charge in [-0.3, -0.25) is 9.48 Å². The number of halogens is 1. The lowest BCUT2D eigenvalue weighted by atomic mass is 10.3. The van der Waals surface area contributed by atoms with Crippen molar-refractivity contribution >= 4 is 27.5 Å². The van der Waals surface area contributed by atoms with Crippen LogP contribution in [0.15, 0.2) is 29.4 Å². The van der Waals surface area contributed by atoms with Gasteiger partial charge in [-0.25, -0.2) is 4.39 Å². The quantitative estimate of drug-likeness (QED) is 0.727. The van der Waals surface area contributed by atoms with Crippen molar-refractivity contribution < 1.29 is 13.9 Å². The molecule has 0 fully saturated rings. The lowest BCUT2D eigenvalue weighted by Crippen LogP contribution is -2.20. The number of hydrogen-bond donors (Lipinski definition) is 0. The number of fused-ring (bicyclic) bond motifs is 1. The second kappa shape index (κ2) is 6.66. The summed E-state index contributed by atoms with van der Waals surface area (Å²) < 4.78 is 23.3. The van der Waals surface area contributed by atoms with Crippen molar-refractivity contribution in [2.75, 3.05) is 13.7 Å². The predicted octanol–water partition coefficient (Wildman–Crippen LogP) is 2.27. The molecule has 0 aliphatic rings. The zero-order valence-electron chi connectivity index (χ0n) is 13.6. The summed E-state index contributed by atoms with van der Waals surface area (Å²) in [4.78, 5) is 17.1. The van der Waals surface area contributed by atoms with Crippen LogP contribution in [0.25, 0.3) is 10.2 Å². The number of amides is 1. The average Bonchev–Trinajstić information content (AvgIpc) is 3.05. The van der Waals surface area contributed by atoms with Crippen LogP contribution in [0.1, 0.15) is 16.1 Å². The number of benzene rings is 1. The fourth-order valence-corrected chi connectivity index (χ4v) is 3.59. The molecule has 0 atom stereocenters. The summed E-state index contributed by atoms with van der Waals surface area (Å²) in [7, 11) is 3.32. The van der Waals surface area contributed by atoms with Crippen molar-refractivity contribution in [2.45, 2.75) is 13.5 Å². The highest BCUT2D eigenvalue weighted by Gasteiger charge is 2.15. The van der Waals surface area contributed by atoms with Gasteiger partial charge in [-0.05, 0) is 19.1 Å². The van der Waals surface area contributed by atoms with E-state index in [0.29, 0.717) is 29.2 Å². The Balaban J connectivity index is 2.15. The lowest BCUT2D eigenvalue weighted by molar-refractivity contribution is 0.0991. The predicted molar refractivity (Wildman–Crippen MR) is 89.5 cm³/mol. The van der Waals surface area contributed by atoms with Gasteiger partial charge >= 0.3 is 0 Å². The van der Waals surface area contributed by atoms with Crippen LogP contribution in [0.3, 0.4) is 0 Å². The van der Waals surface area contributed by atoms with Crippen LogP contribution >= 0.6 is 11.3 Å². The molecule has 126 valence electrons. The highest BCUT2D eigenvalue weighted by Crippen LogP contribution is 2.20. The Morgan fingerprint density at radius 1 is 1.46 bits per heavy atom. The van der Waals surface area contributed by atoms with E-state index in [2.05, 4.69) is 10.1 Å². The number of ether oxygens (including phenoxy) is 1. The monoisotopic (exact) mass is 348 g/mol. The first-order valence-electron chi connectivity index (χ1n) is 7.37. The summed E-state index contributed by atoms with van der Waals surface area (Å²) in [6.45, 7) is 2.61. The van der Waals surface area contributed by atoms with E-state index in [0.717, 1.165) is 10.3 Å². The minimum absolute atomic E-state index is 0.300. The number of para-hydroxylation sites is 1. The first kappa shape index (κ1) is 16.5. The summed E-state index contributed by atoms with van der Waals surface area (Å²) in [5.74, 6) is -0.783. The molecule has 3 aromatic rings. The molecule has 0 aliphatic carbocycles. The number of hydrogen-bond acceptors (Lipinski definition) is 4. The summed E-state index contributed by atoms with van der Waals surface area (Å²) in [6, 6.07) is 4.85. The van der Waals surface area contributed by atoms with E-state index < -0.39 is 5.91 Å². The molecule has 24 heavy (non-hydrogen) atoms. The molecule has 0 radical (unpaired) electrons. The second-order valence-corrected chi connectivity index (χ2v) is 6.38. The molecule has 3 rings (SSSR count).